The summed E-state index contributed by atoms with van der Waals surface area (Å²) in [6, 6.07) is 11.6. The number of hydrogen-bond donors (Lipinski definition) is 0. The molecule has 0 aliphatic carbocycles. The number of pyridine rings is 1. The molecule has 2 atom stereocenters. The van der Waals surface area contributed by atoms with Crippen molar-refractivity contribution in [3.63, 3.8) is 0 Å². The molecule has 1 aromatic heterocycles. The van der Waals surface area contributed by atoms with Gasteiger partial charge in [0.25, 0.3) is 0 Å². The highest BCUT2D eigenvalue weighted by atomic mass is 19.1. The van der Waals surface area contributed by atoms with Crippen LogP contribution in [-0.4, -0.2) is 17.6 Å². The minimum Gasteiger partial charge on any atom is -0.368 e. The summed E-state index contributed by atoms with van der Waals surface area (Å²) < 4.78 is 13.0. The van der Waals surface area contributed by atoms with Gasteiger partial charge in [0.15, 0.2) is 0 Å². The molecule has 3 heteroatoms. The Morgan fingerprint density at radius 1 is 1.20 bits per heavy atom. The van der Waals surface area contributed by atoms with E-state index in [0.29, 0.717) is 12.0 Å². The van der Waals surface area contributed by atoms with Gasteiger partial charge in [-0.1, -0.05) is 12.1 Å². The van der Waals surface area contributed by atoms with Crippen LogP contribution in [0, 0.1) is 12.7 Å². The fraction of sp³-hybridized carbons (Fsp3) is 0.353. The Morgan fingerprint density at radius 2 is 1.95 bits per heavy atom. The summed E-state index contributed by atoms with van der Waals surface area (Å²) in [5.74, 6) is 0.306. The van der Waals surface area contributed by atoms with E-state index >= 15 is 0 Å². The molecule has 0 saturated carbocycles. The average molecular weight is 270 g/mol. The Morgan fingerprint density at radius 3 is 2.65 bits per heavy atom. The van der Waals surface area contributed by atoms with Crippen LogP contribution in [0.2, 0.25) is 0 Å². The van der Waals surface area contributed by atoms with Crippen molar-refractivity contribution in [2.75, 3.05) is 11.4 Å². The molecular formula is C17H19FN2. The van der Waals surface area contributed by atoms with Gasteiger partial charge < -0.3 is 4.90 Å². The first-order chi connectivity index (χ1) is 9.63. The van der Waals surface area contributed by atoms with Crippen LogP contribution in [0.5, 0.6) is 0 Å². The van der Waals surface area contributed by atoms with Crippen LogP contribution in [-0.2, 0) is 0 Å². The molecule has 0 bridgehead atoms. The third-order valence-electron chi connectivity index (χ3n) is 4.13. The quantitative estimate of drug-likeness (QED) is 0.822. The first-order valence-corrected chi connectivity index (χ1v) is 7.08. The van der Waals surface area contributed by atoms with Crippen molar-refractivity contribution in [3.05, 3.63) is 59.7 Å². The van der Waals surface area contributed by atoms with Crippen molar-refractivity contribution in [1.82, 2.24) is 4.98 Å². The fourth-order valence-corrected chi connectivity index (χ4v) is 3.08. The molecule has 1 aliphatic heterocycles. The third-order valence-corrected chi connectivity index (χ3v) is 4.13. The smallest absolute Gasteiger partial charge is 0.123 e. The number of anilines is 1. The number of aryl methyl sites for hydroxylation is 1. The lowest BCUT2D eigenvalue weighted by Gasteiger charge is -2.24. The van der Waals surface area contributed by atoms with E-state index in [9.17, 15) is 4.39 Å². The van der Waals surface area contributed by atoms with Gasteiger partial charge in [0, 0.05) is 36.1 Å². The summed E-state index contributed by atoms with van der Waals surface area (Å²) in [6.45, 7) is 5.25. The summed E-state index contributed by atoms with van der Waals surface area (Å²) in [5.41, 5.74) is 3.50. The molecule has 0 radical (unpaired) electrons. The topological polar surface area (TPSA) is 16.1 Å². The fourth-order valence-electron chi connectivity index (χ4n) is 3.08. The number of nitrogens with zero attached hydrogens (tertiary/aromatic N) is 2. The summed E-state index contributed by atoms with van der Waals surface area (Å²) >= 11 is 0. The molecule has 20 heavy (non-hydrogen) atoms. The van der Waals surface area contributed by atoms with Gasteiger partial charge >= 0.3 is 0 Å². The molecule has 0 spiro atoms. The minimum absolute atomic E-state index is 0.165. The van der Waals surface area contributed by atoms with Crippen molar-refractivity contribution in [2.24, 2.45) is 0 Å². The first kappa shape index (κ1) is 13.1. The molecule has 3 rings (SSSR count). The van der Waals surface area contributed by atoms with Gasteiger partial charge in [-0.25, -0.2) is 4.39 Å². The molecule has 2 heterocycles. The molecule has 1 aliphatic rings. The zero-order valence-electron chi connectivity index (χ0n) is 11.9. The maximum absolute atomic E-state index is 13.0. The van der Waals surface area contributed by atoms with Crippen molar-refractivity contribution in [3.8, 4) is 0 Å². The number of hydrogen-bond acceptors (Lipinski definition) is 2. The second-order valence-electron chi connectivity index (χ2n) is 5.64. The van der Waals surface area contributed by atoms with E-state index in [4.69, 9.17) is 0 Å². The van der Waals surface area contributed by atoms with E-state index in [-0.39, 0.29) is 5.82 Å². The van der Waals surface area contributed by atoms with Gasteiger partial charge in [0.1, 0.15) is 5.82 Å². The van der Waals surface area contributed by atoms with Gasteiger partial charge in [0.05, 0.1) is 0 Å². The van der Waals surface area contributed by atoms with Crippen LogP contribution in [0.25, 0.3) is 0 Å². The molecule has 2 unspecified atom stereocenters. The van der Waals surface area contributed by atoms with Crippen molar-refractivity contribution in [2.45, 2.75) is 32.2 Å². The highest BCUT2D eigenvalue weighted by Crippen LogP contribution is 2.34. The summed E-state index contributed by atoms with van der Waals surface area (Å²) in [7, 11) is 0. The van der Waals surface area contributed by atoms with E-state index in [1.54, 1.807) is 12.1 Å². The SMILES string of the molecule is Cc1cc(N2CC(c3ccc(F)cc3)CC2C)ccn1. The standard InChI is InChI=1S/C17H19FN2/c1-12-9-17(7-8-19-12)20-11-15(10-13(20)2)14-3-5-16(18)6-4-14/h3-9,13,15H,10-11H2,1-2H3. The second-order valence-corrected chi connectivity index (χ2v) is 5.64. The molecule has 1 aromatic carbocycles. The van der Waals surface area contributed by atoms with Crippen LogP contribution in [0.4, 0.5) is 10.1 Å². The second kappa shape index (κ2) is 5.23. The summed E-state index contributed by atoms with van der Waals surface area (Å²) in [5, 5.41) is 0. The number of halogens is 1. The van der Waals surface area contributed by atoms with Gasteiger partial charge in [-0.05, 0) is 50.1 Å². The average Bonchev–Trinajstić information content (AvgIpc) is 2.82. The first-order valence-electron chi connectivity index (χ1n) is 7.08. The van der Waals surface area contributed by atoms with Crippen LogP contribution in [0.1, 0.15) is 30.5 Å². The van der Waals surface area contributed by atoms with Crippen molar-refractivity contribution < 1.29 is 4.39 Å². The Hall–Kier alpha value is -1.90. The van der Waals surface area contributed by atoms with Crippen molar-refractivity contribution in [1.29, 1.82) is 0 Å². The maximum Gasteiger partial charge on any atom is 0.123 e. The van der Waals surface area contributed by atoms with E-state index in [1.807, 2.05) is 25.3 Å². The van der Waals surface area contributed by atoms with Crippen LogP contribution in [0.15, 0.2) is 42.6 Å². The monoisotopic (exact) mass is 270 g/mol. The predicted octanol–water partition coefficient (Wildman–Crippen LogP) is 3.91. The summed E-state index contributed by atoms with van der Waals surface area (Å²) in [6.07, 6.45) is 2.97. The molecular weight excluding hydrogens is 251 g/mol. The summed E-state index contributed by atoms with van der Waals surface area (Å²) in [4.78, 5) is 6.67. The molecule has 2 aromatic rings. The zero-order chi connectivity index (χ0) is 14.1. The predicted molar refractivity (Wildman–Crippen MR) is 79.5 cm³/mol. The van der Waals surface area contributed by atoms with Gasteiger partial charge in [-0.2, -0.15) is 0 Å². The van der Waals surface area contributed by atoms with Crippen LogP contribution < -0.4 is 4.90 Å². The van der Waals surface area contributed by atoms with Crippen LogP contribution >= 0.6 is 0 Å². The Kier molecular flexibility index (Phi) is 3.43. The van der Waals surface area contributed by atoms with E-state index in [2.05, 4.69) is 28.9 Å². The van der Waals surface area contributed by atoms with E-state index in [1.165, 1.54) is 11.3 Å². The largest absolute Gasteiger partial charge is 0.368 e. The highest BCUT2D eigenvalue weighted by molar-refractivity contribution is 5.49. The van der Waals surface area contributed by atoms with Crippen molar-refractivity contribution >= 4 is 5.69 Å². The molecule has 0 N–H and O–H groups in total. The minimum atomic E-state index is -0.165. The zero-order valence-corrected chi connectivity index (χ0v) is 11.9. The van der Waals surface area contributed by atoms with E-state index < -0.39 is 0 Å². The van der Waals surface area contributed by atoms with Gasteiger partial charge in [0.2, 0.25) is 0 Å². The molecule has 104 valence electrons. The van der Waals surface area contributed by atoms with E-state index in [0.717, 1.165) is 18.7 Å². The number of benzene rings is 1. The maximum atomic E-state index is 13.0. The Balaban J connectivity index is 1.81. The lowest BCUT2D eigenvalue weighted by atomic mass is 9.97. The highest BCUT2D eigenvalue weighted by Gasteiger charge is 2.30. The number of rotatable bonds is 2. The molecule has 0 amide bonds. The number of aromatic nitrogens is 1. The Bertz CT molecular complexity index is 594. The normalized spacial score (nSPS) is 22.2. The molecule has 1 saturated heterocycles. The molecule has 2 nitrogen and oxygen atoms in total. The Labute approximate surface area is 119 Å². The van der Waals surface area contributed by atoms with Gasteiger partial charge in [-0.15, -0.1) is 0 Å². The lowest BCUT2D eigenvalue weighted by molar-refractivity contribution is 0.625. The molecule has 1 fully saturated rings. The lowest BCUT2D eigenvalue weighted by Crippen LogP contribution is -2.26. The van der Waals surface area contributed by atoms with Gasteiger partial charge in [-0.3, -0.25) is 4.98 Å². The van der Waals surface area contributed by atoms with Crippen LogP contribution in [0.3, 0.4) is 0 Å². The third kappa shape index (κ3) is 2.53.